The third-order valence-electron chi connectivity index (χ3n) is 3.30. The third-order valence-corrected chi connectivity index (χ3v) is 3.98. The Balaban J connectivity index is 1.89. The molecule has 0 saturated carbocycles. The van der Waals surface area contributed by atoms with E-state index in [2.05, 4.69) is 22.4 Å². The first-order chi connectivity index (χ1) is 8.28. The Morgan fingerprint density at radius 3 is 3.12 bits per heavy atom. The van der Waals surface area contributed by atoms with E-state index in [0.717, 1.165) is 18.5 Å². The fraction of sp³-hybridized carbons (Fsp3) is 0.500. The zero-order chi connectivity index (χ0) is 11.7. The zero-order valence-electron chi connectivity index (χ0n) is 9.77. The van der Waals surface area contributed by atoms with Crippen LogP contribution in [-0.2, 0) is 5.54 Å². The predicted octanol–water partition coefficient (Wildman–Crippen LogP) is 2.79. The summed E-state index contributed by atoms with van der Waals surface area (Å²) in [4.78, 5) is 4.51. The van der Waals surface area contributed by atoms with Crippen molar-refractivity contribution in [3.63, 3.8) is 0 Å². The highest BCUT2D eigenvalue weighted by atomic mass is 32.1. The minimum Gasteiger partial charge on any atom is -0.337 e. The molecule has 2 aromatic rings. The van der Waals surface area contributed by atoms with Crippen molar-refractivity contribution >= 4 is 11.3 Å². The van der Waals surface area contributed by atoms with Gasteiger partial charge in [0.05, 0.1) is 5.54 Å². The fourth-order valence-electron chi connectivity index (χ4n) is 2.20. The fourth-order valence-corrected chi connectivity index (χ4v) is 2.83. The third kappa shape index (κ3) is 2.00. The molecule has 0 spiro atoms. The summed E-state index contributed by atoms with van der Waals surface area (Å²) in [5.74, 6) is 1.40. The molecule has 1 aliphatic rings. The van der Waals surface area contributed by atoms with Gasteiger partial charge in [0.1, 0.15) is 0 Å². The monoisotopic (exact) mass is 249 g/mol. The van der Waals surface area contributed by atoms with Crippen molar-refractivity contribution < 1.29 is 4.52 Å². The first kappa shape index (κ1) is 10.9. The van der Waals surface area contributed by atoms with Crippen LogP contribution < -0.4 is 5.32 Å². The number of nitrogens with one attached hydrogen (secondary N) is 1. The normalized spacial score (nSPS) is 25.0. The summed E-state index contributed by atoms with van der Waals surface area (Å²) in [5.41, 5.74) is 0.879. The molecule has 0 amide bonds. The molecule has 17 heavy (non-hydrogen) atoms. The van der Waals surface area contributed by atoms with Gasteiger partial charge in [0.2, 0.25) is 11.7 Å². The smallest absolute Gasteiger partial charge is 0.246 e. The number of hydrogen-bond donors (Lipinski definition) is 1. The van der Waals surface area contributed by atoms with Crippen LogP contribution in [0.4, 0.5) is 0 Å². The number of nitrogens with zero attached hydrogens (tertiary/aromatic N) is 2. The minimum atomic E-state index is -0.153. The van der Waals surface area contributed by atoms with Crippen molar-refractivity contribution in [2.75, 3.05) is 6.54 Å². The SMILES string of the molecule is CC1(c2nc(-c3ccsc3)no2)CCCCN1. The summed E-state index contributed by atoms with van der Waals surface area (Å²) in [7, 11) is 0. The van der Waals surface area contributed by atoms with E-state index >= 15 is 0 Å². The Kier molecular flexibility index (Phi) is 2.72. The maximum atomic E-state index is 5.41. The molecule has 2 aromatic heterocycles. The lowest BCUT2D eigenvalue weighted by Crippen LogP contribution is -2.43. The average Bonchev–Trinajstić information content (AvgIpc) is 3.01. The van der Waals surface area contributed by atoms with Crippen LogP contribution in [0, 0.1) is 0 Å². The number of piperidine rings is 1. The molecule has 3 rings (SSSR count). The van der Waals surface area contributed by atoms with Crippen LogP contribution >= 0.6 is 11.3 Å². The van der Waals surface area contributed by atoms with Crippen LogP contribution in [0.15, 0.2) is 21.3 Å². The molecule has 0 bridgehead atoms. The van der Waals surface area contributed by atoms with Gasteiger partial charge in [-0.25, -0.2) is 0 Å². The van der Waals surface area contributed by atoms with Crippen LogP contribution in [0.2, 0.25) is 0 Å². The van der Waals surface area contributed by atoms with Gasteiger partial charge in [-0.2, -0.15) is 16.3 Å². The second-order valence-corrected chi connectivity index (χ2v) is 5.43. The van der Waals surface area contributed by atoms with E-state index < -0.39 is 0 Å². The molecular formula is C12H15N3OS. The van der Waals surface area contributed by atoms with Crippen molar-refractivity contribution in [2.24, 2.45) is 0 Å². The zero-order valence-corrected chi connectivity index (χ0v) is 10.6. The molecule has 1 atom stereocenters. The van der Waals surface area contributed by atoms with Crippen LogP contribution in [0.5, 0.6) is 0 Å². The van der Waals surface area contributed by atoms with Gasteiger partial charge < -0.3 is 9.84 Å². The molecule has 0 aliphatic carbocycles. The van der Waals surface area contributed by atoms with Gasteiger partial charge in [0.15, 0.2) is 0 Å². The lowest BCUT2D eigenvalue weighted by Gasteiger charge is -2.31. The Labute approximate surface area is 104 Å². The summed E-state index contributed by atoms with van der Waals surface area (Å²) >= 11 is 1.64. The molecule has 1 saturated heterocycles. The molecule has 1 fully saturated rings. The van der Waals surface area contributed by atoms with Crippen molar-refractivity contribution in [3.05, 3.63) is 22.7 Å². The van der Waals surface area contributed by atoms with Gasteiger partial charge >= 0.3 is 0 Å². The lowest BCUT2D eigenvalue weighted by atomic mass is 9.91. The number of aromatic nitrogens is 2. The molecular weight excluding hydrogens is 234 g/mol. The Bertz CT molecular complexity index is 486. The molecule has 1 N–H and O–H groups in total. The Morgan fingerprint density at radius 2 is 2.41 bits per heavy atom. The second kappa shape index (κ2) is 4.23. The van der Waals surface area contributed by atoms with Crippen molar-refractivity contribution in [1.82, 2.24) is 15.5 Å². The van der Waals surface area contributed by atoms with Crippen molar-refractivity contribution in [3.8, 4) is 11.4 Å². The number of thiophene rings is 1. The average molecular weight is 249 g/mol. The van der Waals surface area contributed by atoms with E-state index in [-0.39, 0.29) is 5.54 Å². The van der Waals surface area contributed by atoms with E-state index in [1.807, 2.05) is 16.8 Å². The molecule has 3 heterocycles. The molecule has 0 radical (unpaired) electrons. The second-order valence-electron chi connectivity index (χ2n) is 4.65. The summed E-state index contributed by atoms with van der Waals surface area (Å²) in [5, 5.41) is 11.6. The van der Waals surface area contributed by atoms with E-state index in [0.29, 0.717) is 11.7 Å². The molecule has 1 unspecified atom stereocenters. The highest BCUT2D eigenvalue weighted by Crippen LogP contribution is 2.30. The number of rotatable bonds is 2. The quantitative estimate of drug-likeness (QED) is 0.889. The molecule has 5 heteroatoms. The number of hydrogen-bond acceptors (Lipinski definition) is 5. The van der Waals surface area contributed by atoms with Crippen LogP contribution in [0.3, 0.4) is 0 Å². The van der Waals surface area contributed by atoms with Gasteiger partial charge in [-0.3, -0.25) is 0 Å². The van der Waals surface area contributed by atoms with E-state index in [1.54, 1.807) is 11.3 Å². The van der Waals surface area contributed by atoms with Gasteiger partial charge in [0, 0.05) is 10.9 Å². The first-order valence-corrected chi connectivity index (χ1v) is 6.84. The van der Waals surface area contributed by atoms with Gasteiger partial charge in [0.25, 0.3) is 0 Å². The molecule has 4 nitrogen and oxygen atoms in total. The summed E-state index contributed by atoms with van der Waals surface area (Å²) in [6.07, 6.45) is 3.49. The highest BCUT2D eigenvalue weighted by molar-refractivity contribution is 7.08. The summed E-state index contributed by atoms with van der Waals surface area (Å²) in [6.45, 7) is 3.16. The van der Waals surface area contributed by atoms with Gasteiger partial charge in [-0.1, -0.05) is 5.16 Å². The topological polar surface area (TPSA) is 51.0 Å². The molecule has 1 aliphatic heterocycles. The van der Waals surface area contributed by atoms with Crippen LogP contribution in [-0.4, -0.2) is 16.7 Å². The first-order valence-electron chi connectivity index (χ1n) is 5.90. The van der Waals surface area contributed by atoms with Gasteiger partial charge in [-0.15, -0.1) is 0 Å². The van der Waals surface area contributed by atoms with Gasteiger partial charge in [-0.05, 0) is 44.2 Å². The maximum absolute atomic E-state index is 5.41. The Morgan fingerprint density at radius 1 is 1.47 bits per heavy atom. The summed E-state index contributed by atoms with van der Waals surface area (Å²) in [6, 6.07) is 2.01. The highest BCUT2D eigenvalue weighted by Gasteiger charge is 2.34. The van der Waals surface area contributed by atoms with E-state index in [9.17, 15) is 0 Å². The lowest BCUT2D eigenvalue weighted by molar-refractivity contribution is 0.207. The molecule has 0 aromatic carbocycles. The van der Waals surface area contributed by atoms with Crippen LogP contribution in [0.1, 0.15) is 32.1 Å². The largest absolute Gasteiger partial charge is 0.337 e. The Hall–Kier alpha value is -1.20. The standard InChI is InChI=1S/C12H15N3OS/c1-12(5-2-3-6-13-12)11-14-10(15-16-11)9-4-7-17-8-9/h4,7-8,13H,2-3,5-6H2,1H3. The predicted molar refractivity (Wildman–Crippen MR) is 66.8 cm³/mol. The van der Waals surface area contributed by atoms with E-state index in [4.69, 9.17) is 4.52 Å². The summed E-state index contributed by atoms with van der Waals surface area (Å²) < 4.78 is 5.41. The van der Waals surface area contributed by atoms with Crippen LogP contribution in [0.25, 0.3) is 11.4 Å². The maximum Gasteiger partial charge on any atom is 0.246 e. The minimum absolute atomic E-state index is 0.153. The molecule has 90 valence electrons. The van der Waals surface area contributed by atoms with Crippen molar-refractivity contribution in [1.29, 1.82) is 0 Å². The van der Waals surface area contributed by atoms with E-state index in [1.165, 1.54) is 12.8 Å². The van der Waals surface area contributed by atoms with Crippen molar-refractivity contribution in [2.45, 2.75) is 31.7 Å².